The first-order chi connectivity index (χ1) is 15.5. The molecule has 0 spiro atoms. The highest BCUT2D eigenvalue weighted by atomic mass is 16.5. The molecule has 0 unspecified atom stereocenters. The van der Waals surface area contributed by atoms with Gasteiger partial charge in [0.15, 0.2) is 0 Å². The van der Waals surface area contributed by atoms with Gasteiger partial charge in [0.05, 0.1) is 26.3 Å². The van der Waals surface area contributed by atoms with E-state index < -0.39 is 0 Å². The minimum atomic E-state index is -0.331. The van der Waals surface area contributed by atoms with Gasteiger partial charge in [0, 0.05) is 50.9 Å². The molecule has 0 aliphatic carbocycles. The molecule has 0 amide bonds. The molecule has 0 saturated carbocycles. The van der Waals surface area contributed by atoms with Gasteiger partial charge in [-0.05, 0) is 6.92 Å². The predicted octanol–water partition coefficient (Wildman–Crippen LogP) is 0.897. The lowest BCUT2D eigenvalue weighted by molar-refractivity contribution is 0.188. The third kappa shape index (κ3) is 4.58. The van der Waals surface area contributed by atoms with E-state index in [9.17, 15) is 4.79 Å². The van der Waals surface area contributed by atoms with E-state index in [1.54, 1.807) is 19.2 Å². The summed E-state index contributed by atoms with van der Waals surface area (Å²) in [5.41, 5.74) is 0.112. The summed E-state index contributed by atoms with van der Waals surface area (Å²) in [7, 11) is 3.04. The molecule has 170 valence electrons. The zero-order valence-corrected chi connectivity index (χ0v) is 18.4. The van der Waals surface area contributed by atoms with E-state index >= 15 is 0 Å². The molecular formula is C21H27N7O4. The van der Waals surface area contributed by atoms with E-state index in [-0.39, 0.29) is 18.1 Å². The first-order valence-electron chi connectivity index (χ1n) is 10.4. The minimum Gasteiger partial charge on any atom is -0.497 e. The normalized spacial score (nSPS) is 14.6. The molecule has 3 N–H and O–H groups in total. The van der Waals surface area contributed by atoms with Crippen LogP contribution in [-0.4, -0.2) is 83.5 Å². The van der Waals surface area contributed by atoms with Crippen molar-refractivity contribution in [2.75, 3.05) is 63.8 Å². The number of H-pyrrole nitrogens is 1. The number of anilines is 3. The summed E-state index contributed by atoms with van der Waals surface area (Å²) < 4.78 is 10.6. The van der Waals surface area contributed by atoms with Gasteiger partial charge in [-0.25, -0.2) is 15.0 Å². The molecule has 0 radical (unpaired) electrons. The Hall–Kier alpha value is -3.44. The molecular weight excluding hydrogens is 414 g/mol. The molecule has 3 aromatic rings. The van der Waals surface area contributed by atoms with Gasteiger partial charge in [-0.1, -0.05) is 0 Å². The summed E-state index contributed by atoms with van der Waals surface area (Å²) in [6.45, 7) is 5.99. The van der Waals surface area contributed by atoms with Crippen LogP contribution in [-0.2, 0) is 0 Å². The fraction of sp³-hybridized carbons (Fsp3) is 0.429. The van der Waals surface area contributed by atoms with Gasteiger partial charge < -0.3 is 24.8 Å². The summed E-state index contributed by atoms with van der Waals surface area (Å²) in [4.78, 5) is 33.4. The third-order valence-corrected chi connectivity index (χ3v) is 5.39. The second-order valence-electron chi connectivity index (χ2n) is 7.47. The van der Waals surface area contributed by atoms with Gasteiger partial charge in [-0.15, -0.1) is 0 Å². The summed E-state index contributed by atoms with van der Waals surface area (Å²) in [5.74, 6) is 3.13. The van der Waals surface area contributed by atoms with E-state index in [2.05, 4.69) is 35.1 Å². The van der Waals surface area contributed by atoms with E-state index in [0.717, 1.165) is 32.0 Å². The first-order valence-corrected chi connectivity index (χ1v) is 10.4. The molecule has 1 aliphatic rings. The monoisotopic (exact) mass is 441 g/mol. The van der Waals surface area contributed by atoms with E-state index in [1.165, 1.54) is 7.11 Å². The van der Waals surface area contributed by atoms with Crippen molar-refractivity contribution in [1.29, 1.82) is 0 Å². The highest BCUT2D eigenvalue weighted by molar-refractivity contribution is 5.86. The number of ether oxygens (including phenoxy) is 2. The number of aryl methyl sites for hydroxylation is 1. The van der Waals surface area contributed by atoms with Crippen LogP contribution in [0.2, 0.25) is 0 Å². The maximum Gasteiger partial charge on any atom is 0.263 e. The van der Waals surface area contributed by atoms with Crippen LogP contribution in [0, 0.1) is 6.92 Å². The molecule has 32 heavy (non-hydrogen) atoms. The first kappa shape index (κ1) is 21.8. The summed E-state index contributed by atoms with van der Waals surface area (Å²) in [5, 5.41) is 12.6. The fourth-order valence-corrected chi connectivity index (χ4v) is 3.79. The highest BCUT2D eigenvalue weighted by Crippen LogP contribution is 2.28. The van der Waals surface area contributed by atoms with E-state index in [0.29, 0.717) is 40.6 Å². The Balaban J connectivity index is 1.61. The van der Waals surface area contributed by atoms with Crippen LogP contribution < -0.4 is 25.2 Å². The van der Waals surface area contributed by atoms with Crippen molar-refractivity contribution in [2.45, 2.75) is 6.92 Å². The highest BCUT2D eigenvalue weighted by Gasteiger charge is 2.19. The van der Waals surface area contributed by atoms with Crippen molar-refractivity contribution in [3.8, 4) is 11.5 Å². The van der Waals surface area contributed by atoms with Crippen molar-refractivity contribution < 1.29 is 14.6 Å². The molecule has 1 aromatic carbocycles. The summed E-state index contributed by atoms with van der Waals surface area (Å²) >= 11 is 0. The number of aliphatic hydroxyl groups excluding tert-OH is 1. The van der Waals surface area contributed by atoms with Gasteiger partial charge in [-0.2, -0.15) is 0 Å². The van der Waals surface area contributed by atoms with E-state index in [1.807, 2.05) is 13.0 Å². The Morgan fingerprint density at radius 3 is 2.56 bits per heavy atom. The van der Waals surface area contributed by atoms with Gasteiger partial charge in [-0.3, -0.25) is 14.7 Å². The average molecular weight is 441 g/mol. The van der Waals surface area contributed by atoms with Crippen molar-refractivity contribution >= 4 is 28.5 Å². The number of piperazine rings is 1. The lowest BCUT2D eigenvalue weighted by Crippen LogP contribution is -2.47. The average Bonchev–Trinajstić information content (AvgIpc) is 2.78. The number of rotatable bonds is 7. The number of nitrogens with one attached hydrogen (secondary N) is 2. The minimum absolute atomic E-state index is 0.162. The van der Waals surface area contributed by atoms with Gasteiger partial charge >= 0.3 is 0 Å². The smallest absolute Gasteiger partial charge is 0.263 e. The van der Waals surface area contributed by atoms with Crippen LogP contribution in [0.25, 0.3) is 10.9 Å². The Morgan fingerprint density at radius 2 is 1.88 bits per heavy atom. The second kappa shape index (κ2) is 9.37. The number of benzene rings is 1. The van der Waals surface area contributed by atoms with Crippen molar-refractivity contribution in [3.05, 3.63) is 34.4 Å². The Kier molecular flexibility index (Phi) is 6.37. The molecule has 0 atom stereocenters. The third-order valence-electron chi connectivity index (χ3n) is 5.39. The number of fused-ring (bicyclic) bond motifs is 1. The van der Waals surface area contributed by atoms with Crippen LogP contribution in [0.1, 0.15) is 5.82 Å². The summed E-state index contributed by atoms with van der Waals surface area (Å²) in [6, 6.07) is 5.17. The zero-order chi connectivity index (χ0) is 22.7. The zero-order valence-electron chi connectivity index (χ0n) is 18.4. The SMILES string of the molecule is COc1cc(OC)c2c(=O)[nH]c(Nc3cc(N4CCN(CCO)CC4)nc(C)n3)nc2c1. The number of β-amino-alcohol motifs (C(OH)–C–C–N with tert-alkyl or cyclic N) is 1. The van der Waals surface area contributed by atoms with Gasteiger partial charge in [0.25, 0.3) is 5.56 Å². The molecule has 11 heteroatoms. The number of hydrogen-bond acceptors (Lipinski definition) is 10. The standard InChI is InChI=1S/C21H27N7O4/c1-13-22-17(12-18(23-13)28-6-4-27(5-7-28)8-9-29)25-21-24-15-10-14(31-2)11-16(32-3)19(15)20(30)26-21/h10-12,29H,4-9H2,1-3H3,(H2,22,23,24,25,26,30). The van der Waals surface area contributed by atoms with Crippen LogP contribution >= 0.6 is 0 Å². The number of nitrogens with zero attached hydrogens (tertiary/aromatic N) is 5. The maximum absolute atomic E-state index is 12.7. The molecule has 1 saturated heterocycles. The molecule has 11 nitrogen and oxygen atoms in total. The fourth-order valence-electron chi connectivity index (χ4n) is 3.79. The number of hydrogen-bond donors (Lipinski definition) is 3. The lowest BCUT2D eigenvalue weighted by atomic mass is 10.2. The number of aliphatic hydroxyl groups is 1. The molecule has 4 rings (SSSR count). The summed E-state index contributed by atoms with van der Waals surface area (Å²) in [6.07, 6.45) is 0. The molecule has 1 fully saturated rings. The lowest BCUT2D eigenvalue weighted by Gasteiger charge is -2.35. The van der Waals surface area contributed by atoms with Gasteiger partial charge in [0.2, 0.25) is 5.95 Å². The second-order valence-corrected chi connectivity index (χ2v) is 7.47. The van der Waals surface area contributed by atoms with Crippen LogP contribution in [0.3, 0.4) is 0 Å². The number of aromatic amines is 1. The largest absolute Gasteiger partial charge is 0.497 e. The Morgan fingerprint density at radius 1 is 1.09 bits per heavy atom. The van der Waals surface area contributed by atoms with Crippen LogP contribution in [0.4, 0.5) is 17.6 Å². The molecule has 1 aliphatic heterocycles. The maximum atomic E-state index is 12.7. The number of aromatic nitrogens is 4. The predicted molar refractivity (Wildman–Crippen MR) is 121 cm³/mol. The van der Waals surface area contributed by atoms with E-state index in [4.69, 9.17) is 14.6 Å². The topological polar surface area (TPSA) is 129 Å². The molecule has 3 heterocycles. The Bertz CT molecular complexity index is 1160. The quantitative estimate of drug-likeness (QED) is 0.486. The van der Waals surface area contributed by atoms with Crippen LogP contribution in [0.15, 0.2) is 23.0 Å². The van der Waals surface area contributed by atoms with Crippen molar-refractivity contribution in [3.63, 3.8) is 0 Å². The van der Waals surface area contributed by atoms with Crippen LogP contribution in [0.5, 0.6) is 11.5 Å². The number of methoxy groups -OCH3 is 2. The molecule has 0 bridgehead atoms. The van der Waals surface area contributed by atoms with Crippen molar-refractivity contribution in [1.82, 2.24) is 24.8 Å². The van der Waals surface area contributed by atoms with Crippen molar-refractivity contribution in [2.24, 2.45) is 0 Å². The van der Waals surface area contributed by atoms with Gasteiger partial charge in [0.1, 0.15) is 34.3 Å². The Labute approximate surface area is 185 Å². The molecule has 2 aromatic heterocycles.